The summed E-state index contributed by atoms with van der Waals surface area (Å²) in [5, 5.41) is 2.87. The van der Waals surface area contributed by atoms with Gasteiger partial charge < -0.3 is 9.88 Å². The van der Waals surface area contributed by atoms with Crippen LogP contribution in [0.4, 0.5) is 5.69 Å². The van der Waals surface area contributed by atoms with E-state index in [-0.39, 0.29) is 18.0 Å². The predicted molar refractivity (Wildman–Crippen MR) is 98.2 cm³/mol. The molecule has 0 fully saturated rings. The maximum absolute atomic E-state index is 12.6. The summed E-state index contributed by atoms with van der Waals surface area (Å²) in [6, 6.07) is 14.6. The van der Waals surface area contributed by atoms with E-state index in [2.05, 4.69) is 15.3 Å². The molecule has 2 aromatic carbocycles. The standard InChI is InChI=1S/C19H15N5O2/c25-18(12-24-17-8-4-1-5-14(17)21-11-19(24)26)22-15-6-2-3-7-16(15)23-10-9-20-13-23/h1-11,13H,12H2,(H,22,25). The van der Waals surface area contributed by atoms with Gasteiger partial charge >= 0.3 is 0 Å². The summed E-state index contributed by atoms with van der Waals surface area (Å²) in [4.78, 5) is 32.9. The van der Waals surface area contributed by atoms with Gasteiger partial charge in [-0.3, -0.25) is 14.2 Å². The molecule has 0 unspecified atom stereocenters. The predicted octanol–water partition coefficient (Wildman–Crippen LogP) is 2.22. The first kappa shape index (κ1) is 15.8. The number of hydrogen-bond donors (Lipinski definition) is 1. The Kier molecular flexibility index (Phi) is 4.03. The molecular weight excluding hydrogens is 330 g/mol. The number of rotatable bonds is 4. The number of nitrogens with one attached hydrogen (secondary N) is 1. The molecule has 7 nitrogen and oxygen atoms in total. The molecule has 0 spiro atoms. The molecule has 0 aliphatic rings. The largest absolute Gasteiger partial charge is 0.323 e. The smallest absolute Gasteiger partial charge is 0.269 e. The van der Waals surface area contributed by atoms with Gasteiger partial charge in [0.2, 0.25) is 5.91 Å². The molecule has 0 bridgehead atoms. The van der Waals surface area contributed by atoms with Gasteiger partial charge in [0.1, 0.15) is 6.54 Å². The molecule has 0 aliphatic heterocycles. The highest BCUT2D eigenvalue weighted by Crippen LogP contribution is 2.19. The van der Waals surface area contributed by atoms with Crippen molar-refractivity contribution in [1.82, 2.24) is 19.1 Å². The van der Waals surface area contributed by atoms with Crippen molar-refractivity contribution in [3.05, 3.63) is 83.8 Å². The lowest BCUT2D eigenvalue weighted by Crippen LogP contribution is -2.28. The van der Waals surface area contributed by atoms with Crippen LogP contribution in [-0.4, -0.2) is 25.0 Å². The molecule has 128 valence electrons. The van der Waals surface area contributed by atoms with Crippen LogP contribution in [0.5, 0.6) is 0 Å². The highest BCUT2D eigenvalue weighted by atomic mass is 16.2. The number of para-hydroxylation sites is 4. The van der Waals surface area contributed by atoms with Gasteiger partial charge in [-0.25, -0.2) is 9.97 Å². The van der Waals surface area contributed by atoms with E-state index in [0.717, 1.165) is 5.69 Å². The maximum Gasteiger partial charge on any atom is 0.269 e. The Balaban J connectivity index is 1.64. The Morgan fingerprint density at radius 1 is 1.08 bits per heavy atom. The van der Waals surface area contributed by atoms with Gasteiger partial charge in [-0.2, -0.15) is 0 Å². The Bertz CT molecular complexity index is 1130. The molecule has 2 aromatic heterocycles. The van der Waals surface area contributed by atoms with Crippen molar-refractivity contribution in [3.8, 4) is 5.69 Å². The minimum atomic E-state index is -0.318. The average Bonchev–Trinajstić information content (AvgIpc) is 3.19. The van der Waals surface area contributed by atoms with E-state index in [1.54, 1.807) is 36.9 Å². The highest BCUT2D eigenvalue weighted by Gasteiger charge is 2.11. The van der Waals surface area contributed by atoms with Gasteiger partial charge in [0.25, 0.3) is 5.56 Å². The fourth-order valence-electron chi connectivity index (χ4n) is 2.82. The lowest BCUT2D eigenvalue weighted by molar-refractivity contribution is -0.116. The first-order valence-electron chi connectivity index (χ1n) is 8.04. The van der Waals surface area contributed by atoms with Gasteiger partial charge in [-0.1, -0.05) is 24.3 Å². The number of imidazole rings is 1. The molecular formula is C19H15N5O2. The fourth-order valence-corrected chi connectivity index (χ4v) is 2.82. The van der Waals surface area contributed by atoms with E-state index in [1.807, 2.05) is 34.9 Å². The summed E-state index contributed by atoms with van der Waals surface area (Å²) in [6.45, 7) is -0.0971. The van der Waals surface area contributed by atoms with E-state index in [1.165, 1.54) is 10.8 Å². The number of carbonyl (C=O) groups excluding carboxylic acids is 1. The monoisotopic (exact) mass is 345 g/mol. The van der Waals surface area contributed by atoms with Crippen molar-refractivity contribution >= 4 is 22.6 Å². The topological polar surface area (TPSA) is 81.8 Å². The number of fused-ring (bicyclic) bond motifs is 1. The summed E-state index contributed by atoms with van der Waals surface area (Å²) in [6.07, 6.45) is 6.36. The van der Waals surface area contributed by atoms with Crippen molar-refractivity contribution in [1.29, 1.82) is 0 Å². The summed E-state index contributed by atoms with van der Waals surface area (Å²) >= 11 is 0. The number of nitrogens with zero attached hydrogens (tertiary/aromatic N) is 4. The molecule has 4 aromatic rings. The Morgan fingerprint density at radius 3 is 2.73 bits per heavy atom. The minimum absolute atomic E-state index is 0.0971. The summed E-state index contributed by atoms with van der Waals surface area (Å²) < 4.78 is 3.22. The van der Waals surface area contributed by atoms with Crippen LogP contribution >= 0.6 is 0 Å². The zero-order chi connectivity index (χ0) is 17.9. The van der Waals surface area contributed by atoms with Crippen molar-refractivity contribution in [3.63, 3.8) is 0 Å². The Hall–Kier alpha value is -3.74. The van der Waals surface area contributed by atoms with E-state index in [9.17, 15) is 9.59 Å². The lowest BCUT2D eigenvalue weighted by atomic mass is 10.2. The molecule has 1 amide bonds. The summed E-state index contributed by atoms with van der Waals surface area (Å²) in [7, 11) is 0. The summed E-state index contributed by atoms with van der Waals surface area (Å²) in [5.41, 5.74) is 2.41. The fraction of sp³-hybridized carbons (Fsp3) is 0.0526. The van der Waals surface area contributed by atoms with E-state index < -0.39 is 0 Å². The third-order valence-electron chi connectivity index (χ3n) is 4.02. The maximum atomic E-state index is 12.6. The van der Waals surface area contributed by atoms with Gasteiger partial charge in [-0.05, 0) is 24.3 Å². The molecule has 0 aliphatic carbocycles. The van der Waals surface area contributed by atoms with Gasteiger partial charge in [-0.15, -0.1) is 0 Å². The van der Waals surface area contributed by atoms with Crippen molar-refractivity contribution in [2.24, 2.45) is 0 Å². The molecule has 2 heterocycles. The number of aromatic nitrogens is 4. The van der Waals surface area contributed by atoms with Crippen LogP contribution in [0.3, 0.4) is 0 Å². The van der Waals surface area contributed by atoms with Crippen LogP contribution in [0.15, 0.2) is 78.2 Å². The van der Waals surface area contributed by atoms with Crippen LogP contribution in [0.2, 0.25) is 0 Å². The first-order valence-corrected chi connectivity index (χ1v) is 8.04. The second-order valence-electron chi connectivity index (χ2n) is 5.71. The van der Waals surface area contributed by atoms with E-state index >= 15 is 0 Å². The SMILES string of the molecule is O=C(Cn1c(=O)cnc2ccccc21)Nc1ccccc1-n1ccnc1. The summed E-state index contributed by atoms with van der Waals surface area (Å²) in [5.74, 6) is -0.295. The second kappa shape index (κ2) is 6.64. The van der Waals surface area contributed by atoms with Crippen LogP contribution in [0.1, 0.15) is 0 Å². The molecule has 0 saturated carbocycles. The zero-order valence-corrected chi connectivity index (χ0v) is 13.7. The van der Waals surface area contributed by atoms with Crippen LogP contribution < -0.4 is 10.9 Å². The number of hydrogen-bond acceptors (Lipinski definition) is 4. The Morgan fingerprint density at radius 2 is 1.88 bits per heavy atom. The third-order valence-corrected chi connectivity index (χ3v) is 4.02. The van der Waals surface area contributed by atoms with Gasteiger partial charge in [0.15, 0.2) is 0 Å². The second-order valence-corrected chi connectivity index (χ2v) is 5.71. The average molecular weight is 345 g/mol. The Labute approximate surface area is 148 Å². The van der Waals surface area contributed by atoms with Crippen LogP contribution in [0.25, 0.3) is 16.7 Å². The van der Waals surface area contributed by atoms with Crippen molar-refractivity contribution in [2.45, 2.75) is 6.54 Å². The zero-order valence-electron chi connectivity index (χ0n) is 13.7. The quantitative estimate of drug-likeness (QED) is 0.615. The number of benzene rings is 2. The van der Waals surface area contributed by atoms with Crippen molar-refractivity contribution < 1.29 is 4.79 Å². The van der Waals surface area contributed by atoms with E-state index in [0.29, 0.717) is 16.7 Å². The molecule has 0 radical (unpaired) electrons. The number of anilines is 1. The number of carbonyl (C=O) groups is 1. The van der Waals surface area contributed by atoms with Crippen LogP contribution in [0, 0.1) is 0 Å². The molecule has 1 N–H and O–H groups in total. The molecule has 0 atom stereocenters. The number of amides is 1. The van der Waals surface area contributed by atoms with Crippen molar-refractivity contribution in [2.75, 3.05) is 5.32 Å². The molecule has 4 rings (SSSR count). The normalized spacial score (nSPS) is 10.8. The highest BCUT2D eigenvalue weighted by molar-refractivity contribution is 5.93. The van der Waals surface area contributed by atoms with Gasteiger partial charge in [0, 0.05) is 12.4 Å². The molecule has 0 saturated heterocycles. The molecule has 7 heteroatoms. The lowest BCUT2D eigenvalue weighted by Gasteiger charge is -2.13. The first-order chi connectivity index (χ1) is 12.7. The van der Waals surface area contributed by atoms with Crippen LogP contribution in [-0.2, 0) is 11.3 Å². The minimum Gasteiger partial charge on any atom is -0.323 e. The van der Waals surface area contributed by atoms with Gasteiger partial charge in [0.05, 0.1) is 34.9 Å². The third kappa shape index (κ3) is 2.98. The van der Waals surface area contributed by atoms with E-state index in [4.69, 9.17) is 0 Å². The molecule has 26 heavy (non-hydrogen) atoms.